The number of aryl methyl sites for hydroxylation is 1. The van der Waals surface area contributed by atoms with Crippen LogP contribution in [0.3, 0.4) is 0 Å². The maximum atomic E-state index is 5.90. The molecule has 0 bridgehead atoms. The first-order chi connectivity index (χ1) is 11.7. The van der Waals surface area contributed by atoms with Gasteiger partial charge in [-0.25, -0.2) is 9.97 Å². The highest BCUT2D eigenvalue weighted by molar-refractivity contribution is 5.61. The molecule has 2 aromatic rings. The molecular weight excluding hydrogens is 304 g/mol. The van der Waals surface area contributed by atoms with Gasteiger partial charge in [-0.2, -0.15) is 0 Å². The first-order valence-electron chi connectivity index (χ1n) is 8.88. The third kappa shape index (κ3) is 3.02. The second-order valence-corrected chi connectivity index (χ2v) is 7.00. The van der Waals surface area contributed by atoms with Crippen LogP contribution in [0.5, 0.6) is 0 Å². The van der Waals surface area contributed by atoms with Gasteiger partial charge in [-0.05, 0) is 38.5 Å². The molecule has 24 heavy (non-hydrogen) atoms. The Kier molecular flexibility index (Phi) is 4.22. The predicted octanol–water partition coefficient (Wildman–Crippen LogP) is 3.53. The van der Waals surface area contributed by atoms with E-state index in [0.717, 1.165) is 61.2 Å². The lowest BCUT2D eigenvalue weighted by Crippen LogP contribution is -2.35. The summed E-state index contributed by atoms with van der Waals surface area (Å²) in [6, 6.07) is 1.93. The van der Waals surface area contributed by atoms with Crippen LogP contribution in [0.4, 0.5) is 5.95 Å². The molecule has 2 atom stereocenters. The molecule has 2 aromatic heterocycles. The Morgan fingerprint density at radius 2 is 2.17 bits per heavy atom. The summed E-state index contributed by atoms with van der Waals surface area (Å²) in [6.07, 6.45) is 6.44. The van der Waals surface area contributed by atoms with Crippen LogP contribution in [0.2, 0.25) is 0 Å². The summed E-state index contributed by atoms with van der Waals surface area (Å²) in [5, 5.41) is 4.00. The van der Waals surface area contributed by atoms with Crippen molar-refractivity contribution in [3.8, 4) is 11.3 Å². The summed E-state index contributed by atoms with van der Waals surface area (Å²) in [7, 11) is 0. The molecule has 0 radical (unpaired) electrons. The second-order valence-electron chi connectivity index (χ2n) is 7.00. The van der Waals surface area contributed by atoms with Crippen LogP contribution in [-0.2, 0) is 4.74 Å². The number of hydrogen-bond donors (Lipinski definition) is 0. The lowest BCUT2D eigenvalue weighted by atomic mass is 10.0. The molecule has 4 heterocycles. The highest BCUT2D eigenvalue weighted by Crippen LogP contribution is 2.35. The maximum absolute atomic E-state index is 5.90. The van der Waals surface area contributed by atoms with Gasteiger partial charge in [0, 0.05) is 32.0 Å². The minimum absolute atomic E-state index is 0.0226. The molecule has 128 valence electrons. The third-order valence-corrected chi connectivity index (χ3v) is 4.87. The quantitative estimate of drug-likeness (QED) is 0.859. The first-order valence-corrected chi connectivity index (χ1v) is 8.88. The number of rotatable bonds is 3. The van der Waals surface area contributed by atoms with Gasteiger partial charge in [0.1, 0.15) is 6.10 Å². The molecule has 0 amide bonds. The second kappa shape index (κ2) is 6.51. The van der Waals surface area contributed by atoms with Crippen molar-refractivity contribution in [1.82, 2.24) is 15.1 Å². The van der Waals surface area contributed by atoms with Gasteiger partial charge in [-0.3, -0.25) is 0 Å². The van der Waals surface area contributed by atoms with Crippen molar-refractivity contribution in [2.45, 2.75) is 45.6 Å². The standard InChI is InChI=1S/C18H24N4O2/c1-12-5-3-7-22(11-12)18-19-10-14(16-9-13(2)21-24-16)17(20-18)15-6-4-8-23-15/h9-10,12,15H,3-8,11H2,1-2H3/t12-,15-/m0/s1. The Morgan fingerprint density at radius 1 is 1.25 bits per heavy atom. The lowest BCUT2D eigenvalue weighted by Gasteiger charge is -2.31. The maximum Gasteiger partial charge on any atom is 0.225 e. The highest BCUT2D eigenvalue weighted by Gasteiger charge is 2.27. The first kappa shape index (κ1) is 15.6. The van der Waals surface area contributed by atoms with E-state index in [1.165, 1.54) is 12.8 Å². The monoisotopic (exact) mass is 328 g/mol. The fraction of sp³-hybridized carbons (Fsp3) is 0.611. The van der Waals surface area contributed by atoms with E-state index in [9.17, 15) is 0 Å². The molecule has 2 aliphatic rings. The summed E-state index contributed by atoms with van der Waals surface area (Å²) in [4.78, 5) is 11.8. The molecule has 0 saturated carbocycles. The molecule has 2 fully saturated rings. The summed E-state index contributed by atoms with van der Waals surface area (Å²) in [6.45, 7) is 7.04. The number of piperidine rings is 1. The van der Waals surface area contributed by atoms with Crippen LogP contribution in [0.15, 0.2) is 16.8 Å². The van der Waals surface area contributed by atoms with Crippen LogP contribution in [0.25, 0.3) is 11.3 Å². The number of aromatic nitrogens is 3. The average Bonchev–Trinajstić information content (AvgIpc) is 3.26. The van der Waals surface area contributed by atoms with Gasteiger partial charge < -0.3 is 14.2 Å². The van der Waals surface area contributed by atoms with Crippen LogP contribution >= 0.6 is 0 Å². The van der Waals surface area contributed by atoms with Crippen molar-refractivity contribution in [2.24, 2.45) is 5.92 Å². The lowest BCUT2D eigenvalue weighted by molar-refractivity contribution is 0.109. The van der Waals surface area contributed by atoms with E-state index in [-0.39, 0.29) is 6.10 Å². The molecule has 0 unspecified atom stereocenters. The van der Waals surface area contributed by atoms with Crippen molar-refractivity contribution in [1.29, 1.82) is 0 Å². The summed E-state index contributed by atoms with van der Waals surface area (Å²) in [5.74, 6) is 2.22. The zero-order chi connectivity index (χ0) is 16.5. The van der Waals surface area contributed by atoms with E-state index in [4.69, 9.17) is 14.2 Å². The number of ether oxygens (including phenoxy) is 1. The van der Waals surface area contributed by atoms with Gasteiger partial charge in [0.15, 0.2) is 5.76 Å². The molecule has 2 saturated heterocycles. The van der Waals surface area contributed by atoms with Crippen molar-refractivity contribution >= 4 is 5.95 Å². The van der Waals surface area contributed by atoms with Gasteiger partial charge in [0.05, 0.1) is 17.0 Å². The van der Waals surface area contributed by atoms with Crippen molar-refractivity contribution in [3.63, 3.8) is 0 Å². The molecule has 0 N–H and O–H groups in total. The van der Waals surface area contributed by atoms with E-state index in [1.54, 1.807) is 0 Å². The Balaban J connectivity index is 1.71. The topological polar surface area (TPSA) is 64.3 Å². The van der Waals surface area contributed by atoms with Crippen LogP contribution < -0.4 is 4.90 Å². The summed E-state index contributed by atoms with van der Waals surface area (Å²) < 4.78 is 11.4. The smallest absolute Gasteiger partial charge is 0.225 e. The van der Waals surface area contributed by atoms with Gasteiger partial charge in [-0.15, -0.1) is 0 Å². The van der Waals surface area contributed by atoms with E-state index >= 15 is 0 Å². The number of anilines is 1. The molecule has 4 rings (SSSR count). The molecule has 6 nitrogen and oxygen atoms in total. The van der Waals surface area contributed by atoms with Crippen molar-refractivity contribution in [2.75, 3.05) is 24.6 Å². The number of hydrogen-bond acceptors (Lipinski definition) is 6. The Hall–Kier alpha value is -1.95. The molecule has 2 aliphatic heterocycles. The molecule has 0 aromatic carbocycles. The Bertz CT molecular complexity index is 709. The Morgan fingerprint density at radius 3 is 2.88 bits per heavy atom. The zero-order valence-corrected chi connectivity index (χ0v) is 14.4. The largest absolute Gasteiger partial charge is 0.372 e. The zero-order valence-electron chi connectivity index (χ0n) is 14.4. The average molecular weight is 328 g/mol. The van der Waals surface area contributed by atoms with E-state index in [2.05, 4.69) is 22.0 Å². The fourth-order valence-electron chi connectivity index (χ4n) is 3.63. The van der Waals surface area contributed by atoms with Gasteiger partial charge in [-0.1, -0.05) is 12.1 Å². The minimum atomic E-state index is 0.0226. The predicted molar refractivity (Wildman–Crippen MR) is 90.8 cm³/mol. The van der Waals surface area contributed by atoms with E-state index in [0.29, 0.717) is 5.92 Å². The van der Waals surface area contributed by atoms with Crippen LogP contribution in [-0.4, -0.2) is 34.8 Å². The fourth-order valence-corrected chi connectivity index (χ4v) is 3.63. The molecule has 0 aliphatic carbocycles. The minimum Gasteiger partial charge on any atom is -0.372 e. The summed E-state index contributed by atoms with van der Waals surface area (Å²) >= 11 is 0. The Labute approximate surface area is 142 Å². The highest BCUT2D eigenvalue weighted by atomic mass is 16.5. The van der Waals surface area contributed by atoms with Crippen LogP contribution in [0.1, 0.15) is 50.1 Å². The van der Waals surface area contributed by atoms with Gasteiger partial charge in [0.25, 0.3) is 0 Å². The van der Waals surface area contributed by atoms with Crippen molar-refractivity contribution in [3.05, 3.63) is 23.7 Å². The number of nitrogens with zero attached hydrogens (tertiary/aromatic N) is 4. The van der Waals surface area contributed by atoms with Gasteiger partial charge in [0.2, 0.25) is 5.95 Å². The molecule has 6 heteroatoms. The van der Waals surface area contributed by atoms with Crippen molar-refractivity contribution < 1.29 is 9.26 Å². The normalized spacial score (nSPS) is 24.5. The third-order valence-electron chi connectivity index (χ3n) is 4.87. The SMILES string of the molecule is Cc1cc(-c2cnc(N3CCC[C@H](C)C3)nc2[C@@H]2CCCO2)on1. The van der Waals surface area contributed by atoms with Crippen LogP contribution in [0, 0.1) is 12.8 Å². The molecular formula is C18H24N4O2. The van der Waals surface area contributed by atoms with E-state index in [1.807, 2.05) is 19.2 Å². The summed E-state index contributed by atoms with van der Waals surface area (Å²) in [5.41, 5.74) is 2.69. The van der Waals surface area contributed by atoms with E-state index < -0.39 is 0 Å². The molecule has 0 spiro atoms. The van der Waals surface area contributed by atoms with Gasteiger partial charge >= 0.3 is 0 Å².